The standard InChI is InChI=1S/C19H18Cl2FN3O4/c20-12-7-8-16(14(21)10-12)29-9-3-6-17(26)24-25-18(27)11-23-19(28)13-4-1-2-5-15(13)22/h1-2,4-5,7-8,10H,3,6,9,11H2,(H,23,28)(H,24,26)(H,25,27). The minimum absolute atomic E-state index is 0.0904. The number of benzene rings is 2. The van der Waals surface area contributed by atoms with Crippen molar-refractivity contribution < 1.29 is 23.5 Å². The number of hydrogen-bond acceptors (Lipinski definition) is 4. The van der Waals surface area contributed by atoms with Crippen molar-refractivity contribution in [3.63, 3.8) is 0 Å². The summed E-state index contributed by atoms with van der Waals surface area (Å²) in [5, 5.41) is 3.11. The fourth-order valence-electron chi connectivity index (χ4n) is 2.15. The van der Waals surface area contributed by atoms with Gasteiger partial charge in [-0.25, -0.2) is 4.39 Å². The molecule has 2 aromatic rings. The monoisotopic (exact) mass is 441 g/mol. The van der Waals surface area contributed by atoms with Gasteiger partial charge >= 0.3 is 0 Å². The molecule has 0 bridgehead atoms. The Hall–Kier alpha value is -2.84. The van der Waals surface area contributed by atoms with Crippen molar-refractivity contribution in [2.24, 2.45) is 0 Å². The Labute approximate surface area is 176 Å². The predicted octanol–water partition coefficient (Wildman–Crippen LogP) is 2.87. The second kappa shape index (κ2) is 11.2. The Morgan fingerprint density at radius 1 is 1.00 bits per heavy atom. The van der Waals surface area contributed by atoms with Crippen molar-refractivity contribution in [2.45, 2.75) is 12.8 Å². The van der Waals surface area contributed by atoms with Crippen LogP contribution in [0.3, 0.4) is 0 Å². The van der Waals surface area contributed by atoms with Crippen molar-refractivity contribution in [1.82, 2.24) is 16.2 Å². The lowest BCUT2D eigenvalue weighted by Gasteiger charge is -2.10. The molecular formula is C19H18Cl2FN3O4. The molecule has 0 aliphatic carbocycles. The van der Waals surface area contributed by atoms with Gasteiger partial charge in [-0.3, -0.25) is 25.2 Å². The highest BCUT2D eigenvalue weighted by atomic mass is 35.5. The van der Waals surface area contributed by atoms with E-state index in [1.807, 2.05) is 0 Å². The molecule has 0 aliphatic rings. The minimum atomic E-state index is -0.734. The van der Waals surface area contributed by atoms with Crippen molar-refractivity contribution in [2.75, 3.05) is 13.2 Å². The highest BCUT2D eigenvalue weighted by molar-refractivity contribution is 6.35. The summed E-state index contributed by atoms with van der Waals surface area (Å²) in [5.74, 6) is -2.07. The summed E-state index contributed by atoms with van der Waals surface area (Å²) >= 11 is 11.8. The van der Waals surface area contributed by atoms with Gasteiger partial charge in [0.2, 0.25) is 5.91 Å². The third-order valence-electron chi connectivity index (χ3n) is 3.57. The van der Waals surface area contributed by atoms with Crippen molar-refractivity contribution >= 4 is 40.9 Å². The van der Waals surface area contributed by atoms with E-state index >= 15 is 0 Å². The van der Waals surface area contributed by atoms with E-state index in [1.54, 1.807) is 18.2 Å². The van der Waals surface area contributed by atoms with Crippen LogP contribution in [0, 0.1) is 5.82 Å². The molecular weight excluding hydrogens is 424 g/mol. The van der Waals surface area contributed by atoms with Gasteiger partial charge in [-0.1, -0.05) is 35.3 Å². The van der Waals surface area contributed by atoms with Crippen LogP contribution < -0.4 is 20.9 Å². The van der Waals surface area contributed by atoms with E-state index in [1.165, 1.54) is 18.2 Å². The van der Waals surface area contributed by atoms with E-state index in [9.17, 15) is 18.8 Å². The summed E-state index contributed by atoms with van der Waals surface area (Å²) in [4.78, 5) is 35.2. The molecule has 3 amide bonds. The first-order chi connectivity index (χ1) is 13.9. The molecule has 0 atom stereocenters. The number of nitrogens with one attached hydrogen (secondary N) is 3. The average Bonchev–Trinajstić information content (AvgIpc) is 2.69. The van der Waals surface area contributed by atoms with Gasteiger partial charge in [-0.05, 0) is 36.8 Å². The average molecular weight is 442 g/mol. The highest BCUT2D eigenvalue weighted by Gasteiger charge is 2.12. The Morgan fingerprint density at radius 3 is 2.45 bits per heavy atom. The molecule has 154 valence electrons. The Balaban J connectivity index is 1.61. The lowest BCUT2D eigenvalue weighted by atomic mass is 10.2. The van der Waals surface area contributed by atoms with E-state index in [0.717, 1.165) is 6.07 Å². The van der Waals surface area contributed by atoms with Crippen molar-refractivity contribution in [1.29, 1.82) is 0 Å². The topological polar surface area (TPSA) is 96.5 Å². The zero-order valence-electron chi connectivity index (χ0n) is 15.1. The molecule has 0 heterocycles. The van der Waals surface area contributed by atoms with E-state index < -0.39 is 30.1 Å². The van der Waals surface area contributed by atoms with Crippen LogP contribution in [0.25, 0.3) is 0 Å². The SMILES string of the molecule is O=C(CCCOc1ccc(Cl)cc1Cl)NNC(=O)CNC(=O)c1ccccc1F. The first kappa shape index (κ1) is 22.4. The molecule has 0 spiro atoms. The number of halogens is 3. The Bertz CT molecular complexity index is 896. The second-order valence-corrected chi connectivity index (χ2v) is 6.63. The lowest BCUT2D eigenvalue weighted by molar-refractivity contribution is -0.128. The van der Waals surface area contributed by atoms with Gasteiger partial charge in [0.25, 0.3) is 11.8 Å². The maximum absolute atomic E-state index is 13.5. The number of ether oxygens (including phenoxy) is 1. The smallest absolute Gasteiger partial charge is 0.257 e. The summed E-state index contributed by atoms with van der Waals surface area (Å²) in [6, 6.07) is 10.2. The van der Waals surface area contributed by atoms with Crippen LogP contribution in [0.4, 0.5) is 4.39 Å². The Kier molecular flexibility index (Phi) is 8.69. The third kappa shape index (κ3) is 7.59. The molecule has 2 aromatic carbocycles. The molecule has 7 nitrogen and oxygen atoms in total. The van der Waals surface area contributed by atoms with E-state index in [2.05, 4.69) is 16.2 Å². The fraction of sp³-hybridized carbons (Fsp3) is 0.211. The number of rotatable bonds is 8. The lowest BCUT2D eigenvalue weighted by Crippen LogP contribution is -2.46. The molecule has 0 saturated heterocycles. The molecule has 0 radical (unpaired) electrons. The van der Waals surface area contributed by atoms with Gasteiger partial charge in [0.05, 0.1) is 23.7 Å². The van der Waals surface area contributed by atoms with Gasteiger partial charge in [0, 0.05) is 11.4 Å². The van der Waals surface area contributed by atoms with E-state index in [4.69, 9.17) is 27.9 Å². The predicted molar refractivity (Wildman–Crippen MR) is 106 cm³/mol. The summed E-state index contributed by atoms with van der Waals surface area (Å²) in [7, 11) is 0. The number of hydrazine groups is 1. The molecule has 0 unspecified atom stereocenters. The van der Waals surface area contributed by atoms with E-state index in [-0.39, 0.29) is 18.6 Å². The maximum atomic E-state index is 13.5. The van der Waals surface area contributed by atoms with E-state index in [0.29, 0.717) is 22.2 Å². The maximum Gasteiger partial charge on any atom is 0.257 e. The second-order valence-electron chi connectivity index (χ2n) is 5.79. The molecule has 2 rings (SSSR count). The highest BCUT2D eigenvalue weighted by Crippen LogP contribution is 2.27. The quantitative estimate of drug-likeness (QED) is 0.433. The van der Waals surface area contributed by atoms with Crippen LogP contribution in [0.1, 0.15) is 23.2 Å². The molecule has 3 N–H and O–H groups in total. The molecule has 29 heavy (non-hydrogen) atoms. The van der Waals surface area contributed by atoms with Crippen molar-refractivity contribution in [3.8, 4) is 5.75 Å². The van der Waals surface area contributed by atoms with Gasteiger partial charge in [-0.15, -0.1) is 0 Å². The zero-order chi connectivity index (χ0) is 21.2. The van der Waals surface area contributed by atoms with Gasteiger partial charge in [0.1, 0.15) is 11.6 Å². The number of hydrogen-bond donors (Lipinski definition) is 3. The first-order valence-corrected chi connectivity index (χ1v) is 9.30. The fourth-order valence-corrected chi connectivity index (χ4v) is 2.62. The van der Waals surface area contributed by atoms with Gasteiger partial charge in [0.15, 0.2) is 0 Å². The molecule has 0 fully saturated rings. The first-order valence-electron chi connectivity index (χ1n) is 8.55. The van der Waals surface area contributed by atoms with Gasteiger partial charge < -0.3 is 10.1 Å². The zero-order valence-corrected chi connectivity index (χ0v) is 16.6. The van der Waals surface area contributed by atoms with Gasteiger partial charge in [-0.2, -0.15) is 0 Å². The van der Waals surface area contributed by atoms with Crippen LogP contribution >= 0.6 is 23.2 Å². The number of carbonyl (C=O) groups is 3. The molecule has 0 saturated carbocycles. The molecule has 0 aliphatic heterocycles. The molecule has 10 heteroatoms. The van der Waals surface area contributed by atoms with Crippen LogP contribution in [-0.2, 0) is 9.59 Å². The number of carbonyl (C=O) groups excluding carboxylic acids is 3. The largest absolute Gasteiger partial charge is 0.492 e. The summed E-state index contributed by atoms with van der Waals surface area (Å²) in [6.45, 7) is -0.187. The van der Waals surface area contributed by atoms with Crippen molar-refractivity contribution in [3.05, 3.63) is 63.9 Å². The van der Waals surface area contributed by atoms with Crippen LogP contribution in [0.15, 0.2) is 42.5 Å². The number of amides is 3. The van der Waals surface area contributed by atoms with Crippen LogP contribution in [0.2, 0.25) is 10.0 Å². The Morgan fingerprint density at radius 2 is 1.72 bits per heavy atom. The molecule has 0 aromatic heterocycles. The summed E-state index contributed by atoms with van der Waals surface area (Å²) < 4.78 is 18.9. The summed E-state index contributed by atoms with van der Waals surface area (Å²) in [5.41, 5.74) is 4.19. The third-order valence-corrected chi connectivity index (χ3v) is 4.10. The van der Waals surface area contributed by atoms with Crippen LogP contribution in [0.5, 0.6) is 5.75 Å². The van der Waals surface area contributed by atoms with Crippen LogP contribution in [-0.4, -0.2) is 30.9 Å². The normalized spacial score (nSPS) is 10.2. The minimum Gasteiger partial charge on any atom is -0.492 e. The summed E-state index contributed by atoms with van der Waals surface area (Å²) in [6.07, 6.45) is 0.470.